The van der Waals surface area contributed by atoms with E-state index in [1.807, 2.05) is 32.3 Å². The van der Waals surface area contributed by atoms with Crippen LogP contribution in [0.25, 0.3) is 11.7 Å². The van der Waals surface area contributed by atoms with Crippen molar-refractivity contribution in [3.8, 4) is 11.6 Å². The van der Waals surface area contributed by atoms with Crippen molar-refractivity contribution < 1.29 is 9.84 Å². The Bertz CT molecular complexity index is 1570. The fraction of sp³-hybridized carbons (Fsp3) is 0.333. The molecule has 3 heterocycles. The van der Waals surface area contributed by atoms with Crippen LogP contribution in [0, 0.1) is 0 Å². The number of fused-ring (bicyclic) bond motifs is 1. The zero-order valence-electron chi connectivity index (χ0n) is 20.0. The van der Waals surface area contributed by atoms with Gasteiger partial charge in [0.05, 0.1) is 23.9 Å². The summed E-state index contributed by atoms with van der Waals surface area (Å²) in [7, 11) is 4.05. The van der Waals surface area contributed by atoms with Gasteiger partial charge in [-0.05, 0) is 57.6 Å². The smallest absolute Gasteiger partial charge is 0.326 e. The largest absolute Gasteiger partial charge is 0.493 e. The van der Waals surface area contributed by atoms with Crippen molar-refractivity contribution in [2.45, 2.75) is 25.3 Å². The van der Waals surface area contributed by atoms with Gasteiger partial charge in [-0.2, -0.15) is 9.61 Å². The number of nitrogens with zero attached hydrogens (tertiary/aromatic N) is 5. The summed E-state index contributed by atoms with van der Waals surface area (Å²) in [6, 6.07) is 7.60. The Hall–Kier alpha value is -3.83. The number of H-pyrrole nitrogens is 2. The third-order valence-electron chi connectivity index (χ3n) is 5.59. The van der Waals surface area contributed by atoms with Gasteiger partial charge in [-0.25, -0.2) is 9.78 Å². The van der Waals surface area contributed by atoms with Crippen LogP contribution in [0.2, 0.25) is 5.02 Å². The van der Waals surface area contributed by atoms with E-state index in [0.717, 1.165) is 31.5 Å². The van der Waals surface area contributed by atoms with Gasteiger partial charge in [-0.1, -0.05) is 11.6 Å². The molecule has 188 valence electrons. The van der Waals surface area contributed by atoms with E-state index in [2.05, 4.69) is 25.3 Å². The van der Waals surface area contributed by atoms with Crippen molar-refractivity contribution in [2.24, 2.45) is 4.99 Å². The molecule has 36 heavy (non-hydrogen) atoms. The van der Waals surface area contributed by atoms with E-state index in [-0.39, 0.29) is 17.6 Å². The molecule has 0 atom stereocenters. The van der Waals surface area contributed by atoms with Crippen LogP contribution in [0.15, 0.2) is 40.2 Å². The molecular weight excluding hydrogens is 484 g/mol. The van der Waals surface area contributed by atoms with Gasteiger partial charge in [-0.15, -0.1) is 0 Å². The summed E-state index contributed by atoms with van der Waals surface area (Å²) < 4.78 is 7.46. The highest BCUT2D eigenvalue weighted by Crippen LogP contribution is 2.29. The Kier molecular flexibility index (Phi) is 6.66. The van der Waals surface area contributed by atoms with Crippen molar-refractivity contribution in [2.75, 3.05) is 32.6 Å². The van der Waals surface area contributed by atoms with Crippen LogP contribution in [0.4, 0.5) is 11.5 Å². The fourth-order valence-electron chi connectivity index (χ4n) is 3.67. The van der Waals surface area contributed by atoms with E-state index in [1.165, 1.54) is 0 Å². The van der Waals surface area contributed by atoms with Crippen molar-refractivity contribution >= 4 is 34.8 Å². The summed E-state index contributed by atoms with van der Waals surface area (Å²) in [5.74, 6) is 0.927. The van der Waals surface area contributed by atoms with E-state index in [4.69, 9.17) is 26.3 Å². The highest BCUT2D eigenvalue weighted by molar-refractivity contribution is 6.32. The van der Waals surface area contributed by atoms with Crippen LogP contribution in [-0.2, 0) is 0 Å². The summed E-state index contributed by atoms with van der Waals surface area (Å²) in [5, 5.41) is 18.8. The van der Waals surface area contributed by atoms with Gasteiger partial charge < -0.3 is 25.0 Å². The summed E-state index contributed by atoms with van der Waals surface area (Å²) >= 11 is 6.47. The minimum atomic E-state index is -0.503. The predicted octanol–water partition coefficient (Wildman–Crippen LogP) is 1.79. The molecule has 1 aliphatic rings. The molecule has 0 spiro atoms. The van der Waals surface area contributed by atoms with Gasteiger partial charge >= 0.3 is 5.69 Å². The van der Waals surface area contributed by atoms with Crippen molar-refractivity contribution in [3.63, 3.8) is 0 Å². The standard InChI is InChI=1S/C24H27ClN8O3/c1-32(2)8-3-9-36-19-7-6-16(11-17(19)25)27-20-12-21(28-15-4-5-15)33-22(30-20)14(13-26-33)10-18-23(34)31-24(35)29-18/h6-7,10-13,15,27,34H,3-5,8-9H2,1-2H3,(H2,29,31,35). The Morgan fingerprint density at radius 3 is 2.86 bits per heavy atom. The van der Waals surface area contributed by atoms with Crippen LogP contribution in [0.5, 0.6) is 11.6 Å². The Morgan fingerprint density at radius 1 is 1.33 bits per heavy atom. The molecule has 0 radical (unpaired) electrons. The Morgan fingerprint density at radius 2 is 2.17 bits per heavy atom. The first-order valence-electron chi connectivity index (χ1n) is 11.7. The van der Waals surface area contributed by atoms with Gasteiger partial charge in [0.15, 0.2) is 11.1 Å². The molecule has 1 aliphatic carbocycles. The molecule has 11 nitrogen and oxygen atoms in total. The Balaban J connectivity index is 1.46. The number of halogens is 1. The summed E-state index contributed by atoms with van der Waals surface area (Å²) in [5.41, 5.74) is 1.66. The molecule has 0 bridgehead atoms. The van der Waals surface area contributed by atoms with Gasteiger partial charge in [0.2, 0.25) is 5.88 Å². The molecule has 1 saturated carbocycles. The molecule has 1 aromatic carbocycles. The number of anilines is 2. The van der Waals surface area contributed by atoms with Crippen LogP contribution in [0.1, 0.15) is 25.0 Å². The first-order chi connectivity index (χ1) is 17.4. The molecule has 3 aromatic heterocycles. The number of ether oxygens (including phenoxy) is 1. The molecule has 4 aromatic rings. The van der Waals surface area contributed by atoms with Gasteiger partial charge in [0.25, 0.3) is 0 Å². The molecule has 12 heteroatoms. The molecule has 1 fully saturated rings. The molecule has 0 amide bonds. The summed E-state index contributed by atoms with van der Waals surface area (Å²) in [6.45, 7) is 1.52. The maximum Gasteiger partial charge on any atom is 0.326 e. The topological polar surface area (TPSA) is 136 Å². The van der Waals surface area contributed by atoms with Gasteiger partial charge in [-0.3, -0.25) is 9.98 Å². The van der Waals surface area contributed by atoms with E-state index in [1.54, 1.807) is 22.9 Å². The van der Waals surface area contributed by atoms with Crippen LogP contribution in [0.3, 0.4) is 0 Å². The number of hydrogen-bond acceptors (Lipinski definition) is 8. The molecule has 5 rings (SSSR count). The van der Waals surface area contributed by atoms with Crippen molar-refractivity contribution in [1.82, 2.24) is 29.5 Å². The second-order valence-electron chi connectivity index (χ2n) is 8.96. The number of imidazole rings is 1. The molecule has 4 N–H and O–H groups in total. The third-order valence-corrected chi connectivity index (χ3v) is 5.88. The first kappa shape index (κ1) is 23.9. The highest BCUT2D eigenvalue weighted by atomic mass is 35.5. The number of benzene rings is 1. The summed E-state index contributed by atoms with van der Waals surface area (Å²) in [6.07, 6.45) is 6.20. The zero-order chi connectivity index (χ0) is 25.2. The molecule has 0 aliphatic heterocycles. The highest BCUT2D eigenvalue weighted by Gasteiger charge is 2.20. The maximum atomic E-state index is 11.5. The van der Waals surface area contributed by atoms with E-state index in [0.29, 0.717) is 39.6 Å². The lowest BCUT2D eigenvalue weighted by Gasteiger charge is -2.12. The van der Waals surface area contributed by atoms with Crippen molar-refractivity contribution in [3.05, 3.63) is 62.4 Å². The van der Waals surface area contributed by atoms with Gasteiger partial charge in [0.1, 0.15) is 17.3 Å². The lowest BCUT2D eigenvalue weighted by atomic mass is 10.3. The number of aromatic hydroxyl groups is 1. The minimum absolute atomic E-state index is 0.240. The van der Waals surface area contributed by atoms with Crippen LogP contribution in [-0.4, -0.2) is 67.9 Å². The summed E-state index contributed by atoms with van der Waals surface area (Å²) in [4.78, 5) is 28.0. The second kappa shape index (κ2) is 10.0. The minimum Gasteiger partial charge on any atom is -0.493 e. The third kappa shape index (κ3) is 5.52. The first-order valence-corrected chi connectivity index (χ1v) is 12.0. The average Bonchev–Trinajstić information content (AvgIpc) is 3.46. The second-order valence-corrected chi connectivity index (χ2v) is 9.36. The maximum absolute atomic E-state index is 11.5. The SMILES string of the molecule is CN(C)CCCOc1ccc(Nc2cc(=NC3CC3)n3ncc(=Cc4[nH]c(=O)[nH]c4O)c3n2)cc1Cl. The van der Waals surface area contributed by atoms with Crippen LogP contribution >= 0.6 is 11.6 Å². The Labute approximate surface area is 211 Å². The molecule has 0 unspecified atom stereocenters. The number of rotatable bonds is 9. The number of aromatic nitrogens is 5. The fourth-order valence-corrected chi connectivity index (χ4v) is 3.90. The molecule has 0 saturated heterocycles. The number of nitrogens with one attached hydrogen (secondary N) is 3. The van der Waals surface area contributed by atoms with Gasteiger partial charge in [0, 0.05) is 23.5 Å². The normalized spacial score (nSPS) is 14.8. The quantitative estimate of drug-likeness (QED) is 0.252. The van der Waals surface area contributed by atoms with Crippen molar-refractivity contribution in [1.29, 1.82) is 0 Å². The predicted molar refractivity (Wildman–Crippen MR) is 137 cm³/mol. The van der Waals surface area contributed by atoms with E-state index >= 15 is 0 Å². The van der Waals surface area contributed by atoms with Crippen LogP contribution < -0.4 is 26.4 Å². The lowest BCUT2D eigenvalue weighted by molar-refractivity contribution is 0.282. The van der Waals surface area contributed by atoms with E-state index < -0.39 is 5.69 Å². The zero-order valence-corrected chi connectivity index (χ0v) is 20.7. The monoisotopic (exact) mass is 510 g/mol. The van der Waals surface area contributed by atoms with E-state index in [9.17, 15) is 9.90 Å². The lowest BCUT2D eigenvalue weighted by Crippen LogP contribution is -2.19. The average molecular weight is 511 g/mol. The number of hydrogen-bond donors (Lipinski definition) is 4. The molecular formula is C24H27ClN8O3. The number of aromatic amines is 2.